The van der Waals surface area contributed by atoms with E-state index in [1.807, 2.05) is 13.8 Å². The normalized spacial score (nSPS) is 13.5. The molecule has 0 heterocycles. The first-order valence-electron chi connectivity index (χ1n) is 14.1. The van der Waals surface area contributed by atoms with Gasteiger partial charge in [0, 0.05) is 31.2 Å². The molecule has 248 valence electrons. The van der Waals surface area contributed by atoms with Gasteiger partial charge in [0.15, 0.2) is 0 Å². The lowest BCUT2D eigenvalue weighted by atomic mass is 10.00. The number of benzene rings is 1. The standard InChI is InChI=1S/C28H40N6O11/c1-14(2)12-20(29-16(5)35)27(42)31-19(10-11-22(36)37)25(40)33-24(15(3)4)28(43)32-21(13-23(38)39)26(41)30-17-6-8-18(9-7-17)34(44)45/h6-9,14-15,19-21,24H,10-13H2,1-5H3,(H,29,35)(H,30,41)(H,31,42)(H,32,43)(H,33,40)(H,36,37)(H,38,39)/t19-,20-,21-,24-/m0/s1. The van der Waals surface area contributed by atoms with E-state index < -0.39 is 89.3 Å². The number of nitro benzene ring substituents is 1. The van der Waals surface area contributed by atoms with E-state index in [4.69, 9.17) is 5.11 Å². The van der Waals surface area contributed by atoms with Crippen molar-refractivity contribution in [3.63, 3.8) is 0 Å². The van der Waals surface area contributed by atoms with Crippen LogP contribution in [0.15, 0.2) is 24.3 Å². The first-order valence-corrected chi connectivity index (χ1v) is 14.1. The Hall–Kier alpha value is -5.09. The molecule has 1 aromatic rings. The van der Waals surface area contributed by atoms with Gasteiger partial charge >= 0.3 is 11.9 Å². The average Bonchev–Trinajstić information content (AvgIpc) is 2.92. The summed E-state index contributed by atoms with van der Waals surface area (Å²) in [5.74, 6) is -7.38. The summed E-state index contributed by atoms with van der Waals surface area (Å²) < 4.78 is 0. The maximum Gasteiger partial charge on any atom is 0.305 e. The van der Waals surface area contributed by atoms with E-state index in [1.54, 1.807) is 13.8 Å². The topological polar surface area (TPSA) is 263 Å². The number of nitrogens with zero attached hydrogens (tertiary/aromatic N) is 1. The van der Waals surface area contributed by atoms with Crippen LogP contribution in [0.3, 0.4) is 0 Å². The number of amides is 5. The van der Waals surface area contributed by atoms with Crippen LogP contribution in [0.5, 0.6) is 0 Å². The van der Waals surface area contributed by atoms with Crippen LogP contribution in [0, 0.1) is 22.0 Å². The molecular weight excluding hydrogens is 596 g/mol. The zero-order chi connectivity index (χ0) is 34.4. The highest BCUT2D eigenvalue weighted by Crippen LogP contribution is 2.16. The van der Waals surface area contributed by atoms with Gasteiger partial charge in [-0.3, -0.25) is 43.7 Å². The van der Waals surface area contributed by atoms with Crippen molar-refractivity contribution in [2.75, 3.05) is 5.32 Å². The fraction of sp³-hybridized carbons (Fsp3) is 0.536. The van der Waals surface area contributed by atoms with Crippen LogP contribution in [0.1, 0.15) is 60.3 Å². The van der Waals surface area contributed by atoms with E-state index in [0.717, 1.165) is 12.1 Å². The van der Waals surface area contributed by atoms with Gasteiger partial charge < -0.3 is 36.8 Å². The van der Waals surface area contributed by atoms with Crippen molar-refractivity contribution in [2.24, 2.45) is 11.8 Å². The number of rotatable bonds is 18. The van der Waals surface area contributed by atoms with E-state index in [2.05, 4.69) is 26.6 Å². The molecule has 17 heteroatoms. The lowest BCUT2D eigenvalue weighted by molar-refractivity contribution is -0.384. The van der Waals surface area contributed by atoms with Crippen LogP contribution in [0.4, 0.5) is 11.4 Å². The zero-order valence-corrected chi connectivity index (χ0v) is 25.6. The smallest absolute Gasteiger partial charge is 0.305 e. The van der Waals surface area contributed by atoms with Gasteiger partial charge in [0.05, 0.1) is 11.3 Å². The predicted molar refractivity (Wildman–Crippen MR) is 159 cm³/mol. The molecule has 4 atom stereocenters. The molecule has 1 rings (SSSR count). The molecule has 5 amide bonds. The second-order valence-corrected chi connectivity index (χ2v) is 11.1. The molecule has 7 N–H and O–H groups in total. The number of carbonyl (C=O) groups is 7. The highest BCUT2D eigenvalue weighted by Gasteiger charge is 2.33. The van der Waals surface area contributed by atoms with Crippen LogP contribution < -0.4 is 26.6 Å². The van der Waals surface area contributed by atoms with E-state index in [9.17, 15) is 48.8 Å². The third kappa shape index (κ3) is 13.8. The van der Waals surface area contributed by atoms with Gasteiger partial charge in [0.25, 0.3) is 5.69 Å². The SMILES string of the molecule is CC(=O)N[C@@H](CC(C)C)C(=O)N[C@@H](CCC(=O)O)C(=O)N[C@H](C(=O)N[C@@H](CC(=O)O)C(=O)Nc1ccc([N+](=O)[O-])cc1)C(C)C. The number of carboxylic acids is 2. The summed E-state index contributed by atoms with van der Waals surface area (Å²) in [4.78, 5) is 96.9. The minimum absolute atomic E-state index is 0.0238. The molecule has 0 radical (unpaired) electrons. The van der Waals surface area contributed by atoms with Crippen LogP contribution in [-0.4, -0.2) is 80.8 Å². The van der Waals surface area contributed by atoms with Crippen molar-refractivity contribution < 1.29 is 48.7 Å². The van der Waals surface area contributed by atoms with Crippen molar-refractivity contribution in [1.82, 2.24) is 21.3 Å². The van der Waals surface area contributed by atoms with Crippen molar-refractivity contribution in [2.45, 2.75) is 84.5 Å². The van der Waals surface area contributed by atoms with Gasteiger partial charge in [0.2, 0.25) is 29.5 Å². The van der Waals surface area contributed by atoms with E-state index in [-0.39, 0.29) is 30.1 Å². The molecule has 17 nitrogen and oxygen atoms in total. The largest absolute Gasteiger partial charge is 0.481 e. The minimum atomic E-state index is -1.62. The Labute approximate surface area is 259 Å². The number of hydrogen-bond donors (Lipinski definition) is 7. The fourth-order valence-electron chi connectivity index (χ4n) is 4.09. The lowest BCUT2D eigenvalue weighted by Crippen LogP contribution is -2.59. The Morgan fingerprint density at radius 3 is 1.78 bits per heavy atom. The first kappa shape index (κ1) is 37.9. The molecule has 0 saturated carbocycles. The van der Waals surface area contributed by atoms with Crippen LogP contribution >= 0.6 is 0 Å². The van der Waals surface area contributed by atoms with Crippen LogP contribution in [0.2, 0.25) is 0 Å². The van der Waals surface area contributed by atoms with Gasteiger partial charge in [-0.15, -0.1) is 0 Å². The third-order valence-electron chi connectivity index (χ3n) is 6.29. The molecule has 1 aromatic carbocycles. The van der Waals surface area contributed by atoms with Crippen molar-refractivity contribution in [3.8, 4) is 0 Å². The summed E-state index contributed by atoms with van der Waals surface area (Å²) in [6.07, 6.45) is -1.49. The molecule has 0 aromatic heterocycles. The highest BCUT2D eigenvalue weighted by molar-refractivity contribution is 6.00. The second kappa shape index (κ2) is 17.9. The number of non-ortho nitro benzene ring substituents is 1. The van der Waals surface area contributed by atoms with Gasteiger partial charge in [-0.25, -0.2) is 0 Å². The summed E-state index contributed by atoms with van der Waals surface area (Å²) in [6, 6.07) is -0.750. The Kier molecular flexibility index (Phi) is 15.1. The number of aliphatic carboxylic acids is 2. The van der Waals surface area contributed by atoms with Gasteiger partial charge in [-0.05, 0) is 36.8 Å². The number of anilines is 1. The number of carbonyl (C=O) groups excluding carboxylic acids is 5. The first-order chi connectivity index (χ1) is 20.9. The van der Waals surface area contributed by atoms with Crippen molar-refractivity contribution in [3.05, 3.63) is 34.4 Å². The Balaban J connectivity index is 3.15. The number of hydrogen-bond acceptors (Lipinski definition) is 9. The minimum Gasteiger partial charge on any atom is -0.481 e. The Morgan fingerprint density at radius 1 is 0.756 bits per heavy atom. The van der Waals surface area contributed by atoms with E-state index in [0.29, 0.717) is 0 Å². The average molecular weight is 637 g/mol. The highest BCUT2D eigenvalue weighted by atomic mass is 16.6. The Morgan fingerprint density at radius 2 is 1.31 bits per heavy atom. The molecule has 0 bridgehead atoms. The Bertz CT molecular complexity index is 1270. The van der Waals surface area contributed by atoms with Crippen molar-refractivity contribution >= 4 is 52.8 Å². The third-order valence-corrected chi connectivity index (χ3v) is 6.29. The summed E-state index contributed by atoms with van der Waals surface area (Å²) >= 11 is 0. The molecule has 0 aliphatic heterocycles. The van der Waals surface area contributed by atoms with E-state index >= 15 is 0 Å². The maximum absolute atomic E-state index is 13.3. The van der Waals surface area contributed by atoms with Gasteiger partial charge in [-0.1, -0.05) is 27.7 Å². The zero-order valence-electron chi connectivity index (χ0n) is 25.6. The molecule has 0 unspecified atom stereocenters. The molecule has 0 aliphatic carbocycles. The number of nitro groups is 1. The second-order valence-electron chi connectivity index (χ2n) is 11.1. The molecule has 0 saturated heterocycles. The van der Waals surface area contributed by atoms with Crippen LogP contribution in [0.25, 0.3) is 0 Å². The molecule has 0 spiro atoms. The quantitative estimate of drug-likeness (QED) is 0.0863. The summed E-state index contributed by atoms with van der Waals surface area (Å²) in [7, 11) is 0. The summed E-state index contributed by atoms with van der Waals surface area (Å²) in [5, 5.41) is 41.4. The van der Waals surface area contributed by atoms with Gasteiger partial charge in [-0.2, -0.15) is 0 Å². The lowest BCUT2D eigenvalue weighted by Gasteiger charge is -2.28. The maximum atomic E-state index is 13.3. The summed E-state index contributed by atoms with van der Waals surface area (Å²) in [6.45, 7) is 7.94. The van der Waals surface area contributed by atoms with Crippen molar-refractivity contribution in [1.29, 1.82) is 0 Å². The molecular formula is C28H40N6O11. The number of carboxylic acid groups (broad SMARTS) is 2. The van der Waals surface area contributed by atoms with Crippen LogP contribution in [-0.2, 0) is 33.6 Å². The monoisotopic (exact) mass is 636 g/mol. The fourth-order valence-corrected chi connectivity index (χ4v) is 4.09. The van der Waals surface area contributed by atoms with Gasteiger partial charge in [0.1, 0.15) is 24.2 Å². The molecule has 45 heavy (non-hydrogen) atoms. The molecule has 0 fully saturated rings. The number of nitrogens with one attached hydrogen (secondary N) is 5. The molecule has 0 aliphatic rings. The predicted octanol–water partition coefficient (Wildman–Crippen LogP) is 0.534. The summed E-state index contributed by atoms with van der Waals surface area (Å²) in [5.41, 5.74) is -0.154. The van der Waals surface area contributed by atoms with E-state index in [1.165, 1.54) is 19.1 Å².